The summed E-state index contributed by atoms with van der Waals surface area (Å²) in [5, 5.41) is 14.4. The van der Waals surface area contributed by atoms with Gasteiger partial charge in [-0.2, -0.15) is 0 Å². The molecule has 1 unspecified atom stereocenters. The number of hydrogen-bond donors (Lipinski definition) is 2. The summed E-state index contributed by atoms with van der Waals surface area (Å²) in [5.74, 6) is 0. The third kappa shape index (κ3) is 3.95. The van der Waals surface area contributed by atoms with Crippen LogP contribution in [0.25, 0.3) is 0 Å². The Bertz CT molecular complexity index is 298. The molecule has 2 saturated carbocycles. The van der Waals surface area contributed by atoms with Crippen molar-refractivity contribution in [1.82, 2.24) is 5.32 Å². The van der Waals surface area contributed by atoms with Crippen LogP contribution in [0.15, 0.2) is 0 Å². The maximum atomic E-state index is 10.7. The predicted octanol–water partition coefficient (Wildman–Crippen LogP) is 3.88. The van der Waals surface area contributed by atoms with Gasteiger partial charge in [0.15, 0.2) is 0 Å². The number of aliphatic hydroxyl groups is 1. The SMILES string of the molecule is CC1(C)CCC(O)(CNC2CCCCC2(C)C)CC1. The Morgan fingerprint density at radius 1 is 0.947 bits per heavy atom. The predicted molar refractivity (Wildman–Crippen MR) is 81.2 cm³/mol. The fraction of sp³-hybridized carbons (Fsp3) is 1.00. The molecule has 0 spiro atoms. The summed E-state index contributed by atoms with van der Waals surface area (Å²) in [6, 6.07) is 0.584. The van der Waals surface area contributed by atoms with E-state index in [1.165, 1.54) is 25.7 Å². The molecule has 0 aliphatic heterocycles. The van der Waals surface area contributed by atoms with E-state index in [0.29, 0.717) is 16.9 Å². The minimum atomic E-state index is -0.455. The molecule has 2 nitrogen and oxygen atoms in total. The van der Waals surface area contributed by atoms with Gasteiger partial charge in [-0.1, -0.05) is 40.5 Å². The molecule has 0 aromatic carbocycles. The van der Waals surface area contributed by atoms with Crippen LogP contribution in [0.5, 0.6) is 0 Å². The first kappa shape index (κ1) is 15.3. The quantitative estimate of drug-likeness (QED) is 0.813. The Hall–Kier alpha value is -0.0800. The van der Waals surface area contributed by atoms with E-state index >= 15 is 0 Å². The van der Waals surface area contributed by atoms with E-state index < -0.39 is 5.60 Å². The maximum absolute atomic E-state index is 10.7. The van der Waals surface area contributed by atoms with E-state index in [4.69, 9.17) is 0 Å². The summed E-state index contributed by atoms with van der Waals surface area (Å²) in [5.41, 5.74) is 0.363. The van der Waals surface area contributed by atoms with Crippen LogP contribution in [0.1, 0.15) is 79.1 Å². The van der Waals surface area contributed by atoms with Crippen LogP contribution < -0.4 is 5.32 Å². The van der Waals surface area contributed by atoms with Gasteiger partial charge >= 0.3 is 0 Å². The molecule has 2 fully saturated rings. The number of nitrogens with one attached hydrogen (secondary N) is 1. The van der Waals surface area contributed by atoms with Gasteiger partial charge in [0.05, 0.1) is 5.60 Å². The van der Waals surface area contributed by atoms with Gasteiger partial charge in [0, 0.05) is 12.6 Å². The van der Waals surface area contributed by atoms with Crippen molar-refractivity contribution >= 4 is 0 Å². The fourth-order valence-electron chi connectivity index (χ4n) is 3.75. The first-order chi connectivity index (χ1) is 8.73. The third-order valence-electron chi connectivity index (χ3n) is 5.72. The highest BCUT2D eigenvalue weighted by Crippen LogP contribution is 2.41. The lowest BCUT2D eigenvalue weighted by molar-refractivity contribution is -0.0303. The van der Waals surface area contributed by atoms with Crippen LogP contribution in [0.4, 0.5) is 0 Å². The Labute approximate surface area is 119 Å². The van der Waals surface area contributed by atoms with Crippen molar-refractivity contribution in [2.75, 3.05) is 6.54 Å². The zero-order valence-corrected chi connectivity index (χ0v) is 13.4. The normalized spacial score (nSPS) is 33.0. The Morgan fingerprint density at radius 3 is 2.16 bits per heavy atom. The molecule has 0 heterocycles. The molecule has 2 aliphatic carbocycles. The molecule has 2 aliphatic rings. The van der Waals surface area contributed by atoms with Gasteiger partial charge in [-0.15, -0.1) is 0 Å². The van der Waals surface area contributed by atoms with E-state index in [9.17, 15) is 5.11 Å². The van der Waals surface area contributed by atoms with Crippen molar-refractivity contribution in [2.24, 2.45) is 10.8 Å². The lowest BCUT2D eigenvalue weighted by Gasteiger charge is -2.44. The van der Waals surface area contributed by atoms with Crippen molar-refractivity contribution in [1.29, 1.82) is 0 Å². The monoisotopic (exact) mass is 267 g/mol. The van der Waals surface area contributed by atoms with E-state index in [1.807, 2.05) is 0 Å². The average molecular weight is 267 g/mol. The molecule has 0 amide bonds. The Balaban J connectivity index is 1.85. The Morgan fingerprint density at radius 2 is 1.58 bits per heavy atom. The van der Waals surface area contributed by atoms with Gasteiger partial charge in [-0.3, -0.25) is 0 Å². The van der Waals surface area contributed by atoms with Gasteiger partial charge < -0.3 is 10.4 Å². The zero-order valence-electron chi connectivity index (χ0n) is 13.4. The van der Waals surface area contributed by atoms with Crippen LogP contribution in [0.2, 0.25) is 0 Å². The summed E-state index contributed by atoms with van der Waals surface area (Å²) in [4.78, 5) is 0. The topological polar surface area (TPSA) is 32.3 Å². The van der Waals surface area contributed by atoms with E-state index in [0.717, 1.165) is 32.2 Å². The molecule has 19 heavy (non-hydrogen) atoms. The molecule has 0 radical (unpaired) electrons. The molecule has 112 valence electrons. The zero-order chi connectivity index (χ0) is 14.1. The second kappa shape index (κ2) is 5.37. The molecule has 1 atom stereocenters. The second-order valence-corrected chi connectivity index (χ2v) is 8.56. The molecular weight excluding hydrogens is 234 g/mol. The van der Waals surface area contributed by atoms with E-state index in [2.05, 4.69) is 33.0 Å². The standard InChI is InChI=1S/C17H33NO/c1-15(2)9-11-17(19,12-10-15)13-18-14-7-5-6-8-16(14,3)4/h14,18-19H,5-13H2,1-4H3. The highest BCUT2D eigenvalue weighted by Gasteiger charge is 2.38. The van der Waals surface area contributed by atoms with E-state index in [-0.39, 0.29) is 0 Å². The van der Waals surface area contributed by atoms with Crippen molar-refractivity contribution in [2.45, 2.75) is 90.7 Å². The second-order valence-electron chi connectivity index (χ2n) is 8.56. The maximum Gasteiger partial charge on any atom is 0.0772 e. The average Bonchev–Trinajstić information content (AvgIpc) is 2.32. The molecule has 0 bridgehead atoms. The smallest absolute Gasteiger partial charge is 0.0772 e. The Kier molecular flexibility index (Phi) is 4.32. The summed E-state index contributed by atoms with van der Waals surface area (Å²) in [6.45, 7) is 10.2. The minimum Gasteiger partial charge on any atom is -0.389 e. The van der Waals surface area contributed by atoms with Crippen LogP contribution in [-0.2, 0) is 0 Å². The summed E-state index contributed by atoms with van der Waals surface area (Å²) in [7, 11) is 0. The highest BCUT2D eigenvalue weighted by atomic mass is 16.3. The molecule has 0 aromatic rings. The first-order valence-electron chi connectivity index (χ1n) is 8.18. The number of hydrogen-bond acceptors (Lipinski definition) is 2. The van der Waals surface area contributed by atoms with Crippen molar-refractivity contribution < 1.29 is 5.11 Å². The van der Waals surface area contributed by atoms with Crippen molar-refractivity contribution in [3.05, 3.63) is 0 Å². The summed E-state index contributed by atoms with van der Waals surface area (Å²) in [6.07, 6.45) is 9.51. The van der Waals surface area contributed by atoms with Gasteiger partial charge in [-0.05, 0) is 49.4 Å². The van der Waals surface area contributed by atoms with Crippen molar-refractivity contribution in [3.63, 3.8) is 0 Å². The summed E-state index contributed by atoms with van der Waals surface area (Å²) >= 11 is 0. The van der Waals surface area contributed by atoms with Gasteiger partial charge in [-0.25, -0.2) is 0 Å². The van der Waals surface area contributed by atoms with Gasteiger partial charge in [0.2, 0.25) is 0 Å². The largest absolute Gasteiger partial charge is 0.389 e. The molecule has 2 N–H and O–H groups in total. The summed E-state index contributed by atoms with van der Waals surface area (Å²) < 4.78 is 0. The van der Waals surface area contributed by atoms with Crippen molar-refractivity contribution in [3.8, 4) is 0 Å². The molecule has 0 saturated heterocycles. The van der Waals surface area contributed by atoms with Crippen LogP contribution >= 0.6 is 0 Å². The lowest BCUT2D eigenvalue weighted by atomic mass is 9.70. The van der Waals surface area contributed by atoms with Gasteiger partial charge in [0.1, 0.15) is 0 Å². The van der Waals surface area contributed by atoms with Crippen LogP contribution in [0.3, 0.4) is 0 Å². The number of rotatable bonds is 3. The lowest BCUT2D eigenvalue weighted by Crippen LogP contribution is -2.52. The van der Waals surface area contributed by atoms with Gasteiger partial charge in [0.25, 0.3) is 0 Å². The molecule has 0 aromatic heterocycles. The minimum absolute atomic E-state index is 0.391. The first-order valence-corrected chi connectivity index (χ1v) is 8.18. The molecule has 2 heteroatoms. The molecule has 2 rings (SSSR count). The van der Waals surface area contributed by atoms with Crippen LogP contribution in [-0.4, -0.2) is 23.3 Å². The third-order valence-corrected chi connectivity index (χ3v) is 5.72. The van der Waals surface area contributed by atoms with E-state index in [1.54, 1.807) is 0 Å². The highest BCUT2D eigenvalue weighted by molar-refractivity contribution is 4.94. The molecular formula is C17H33NO. The fourth-order valence-corrected chi connectivity index (χ4v) is 3.75. The van der Waals surface area contributed by atoms with Crippen LogP contribution in [0, 0.1) is 10.8 Å².